The molecule has 0 heterocycles. The number of carbonyl (C=O) groups is 1. The SMILES string of the molecule is Cc1cc(NC(=O)c2c(F)ccc(C)c2F)ccc1Br. The molecule has 2 aromatic rings. The molecular formula is C15H12BrF2NO. The first-order chi connectivity index (χ1) is 9.40. The Morgan fingerprint density at radius 2 is 1.80 bits per heavy atom. The summed E-state index contributed by atoms with van der Waals surface area (Å²) in [5.41, 5.74) is 1.05. The van der Waals surface area contributed by atoms with E-state index in [1.165, 1.54) is 13.0 Å². The van der Waals surface area contributed by atoms with Gasteiger partial charge in [-0.3, -0.25) is 4.79 Å². The van der Waals surface area contributed by atoms with Crippen LogP contribution in [-0.2, 0) is 0 Å². The number of halogens is 3. The van der Waals surface area contributed by atoms with Crippen LogP contribution in [0.5, 0.6) is 0 Å². The van der Waals surface area contributed by atoms with Gasteiger partial charge in [-0.15, -0.1) is 0 Å². The molecule has 0 bridgehead atoms. The van der Waals surface area contributed by atoms with Crippen LogP contribution >= 0.6 is 15.9 Å². The fourth-order valence-corrected chi connectivity index (χ4v) is 2.03. The standard InChI is InChI=1S/C15H12BrF2NO/c1-8-3-6-12(17)13(14(8)18)15(20)19-10-4-5-11(16)9(2)7-10/h3-7H,1-2H3,(H,19,20). The van der Waals surface area contributed by atoms with Crippen molar-refractivity contribution in [3.63, 3.8) is 0 Å². The second-order valence-electron chi connectivity index (χ2n) is 4.47. The van der Waals surface area contributed by atoms with Crippen molar-refractivity contribution < 1.29 is 13.6 Å². The summed E-state index contributed by atoms with van der Waals surface area (Å²) in [4.78, 5) is 12.0. The normalized spacial score (nSPS) is 10.4. The van der Waals surface area contributed by atoms with E-state index < -0.39 is 23.1 Å². The molecule has 0 saturated carbocycles. The predicted molar refractivity (Wildman–Crippen MR) is 77.9 cm³/mol. The number of amides is 1. The molecule has 0 aliphatic carbocycles. The molecule has 20 heavy (non-hydrogen) atoms. The highest BCUT2D eigenvalue weighted by atomic mass is 79.9. The van der Waals surface area contributed by atoms with E-state index >= 15 is 0 Å². The fraction of sp³-hybridized carbons (Fsp3) is 0.133. The molecule has 0 unspecified atom stereocenters. The van der Waals surface area contributed by atoms with Crippen molar-refractivity contribution >= 4 is 27.5 Å². The van der Waals surface area contributed by atoms with Gasteiger partial charge in [-0.1, -0.05) is 22.0 Å². The monoisotopic (exact) mass is 339 g/mol. The van der Waals surface area contributed by atoms with Gasteiger partial charge in [0.1, 0.15) is 17.2 Å². The van der Waals surface area contributed by atoms with Gasteiger partial charge in [0, 0.05) is 10.2 Å². The molecule has 0 saturated heterocycles. The van der Waals surface area contributed by atoms with E-state index in [4.69, 9.17) is 0 Å². The lowest BCUT2D eigenvalue weighted by Gasteiger charge is -2.09. The van der Waals surface area contributed by atoms with Gasteiger partial charge < -0.3 is 5.32 Å². The van der Waals surface area contributed by atoms with Gasteiger partial charge in [-0.2, -0.15) is 0 Å². The van der Waals surface area contributed by atoms with Gasteiger partial charge in [0.05, 0.1) is 0 Å². The Bertz CT molecular complexity index is 686. The third kappa shape index (κ3) is 2.88. The van der Waals surface area contributed by atoms with E-state index in [1.54, 1.807) is 18.2 Å². The molecule has 0 aromatic heterocycles. The minimum absolute atomic E-state index is 0.225. The van der Waals surface area contributed by atoms with Crippen LogP contribution in [-0.4, -0.2) is 5.91 Å². The molecule has 0 aliphatic heterocycles. The molecular weight excluding hydrogens is 328 g/mol. The van der Waals surface area contributed by atoms with E-state index in [-0.39, 0.29) is 5.56 Å². The highest BCUT2D eigenvalue weighted by Gasteiger charge is 2.19. The van der Waals surface area contributed by atoms with Crippen LogP contribution in [0.2, 0.25) is 0 Å². The van der Waals surface area contributed by atoms with Gasteiger partial charge in [-0.25, -0.2) is 8.78 Å². The Morgan fingerprint density at radius 3 is 2.45 bits per heavy atom. The highest BCUT2D eigenvalue weighted by molar-refractivity contribution is 9.10. The van der Waals surface area contributed by atoms with Gasteiger partial charge in [-0.05, 0) is 49.2 Å². The molecule has 0 atom stereocenters. The summed E-state index contributed by atoms with van der Waals surface area (Å²) in [5.74, 6) is -2.51. The van der Waals surface area contributed by atoms with Crippen molar-refractivity contribution in [2.75, 3.05) is 5.32 Å². The quantitative estimate of drug-likeness (QED) is 0.851. The maximum atomic E-state index is 13.9. The molecule has 1 N–H and O–H groups in total. The summed E-state index contributed by atoms with van der Waals surface area (Å²) in [7, 11) is 0. The molecule has 2 nitrogen and oxygen atoms in total. The van der Waals surface area contributed by atoms with Crippen LogP contribution in [0.1, 0.15) is 21.5 Å². The zero-order valence-corrected chi connectivity index (χ0v) is 12.5. The summed E-state index contributed by atoms with van der Waals surface area (Å²) in [5, 5.41) is 2.50. The fourth-order valence-electron chi connectivity index (χ4n) is 1.78. The van der Waals surface area contributed by atoms with Crippen LogP contribution in [0.4, 0.5) is 14.5 Å². The number of rotatable bonds is 2. The van der Waals surface area contributed by atoms with Crippen molar-refractivity contribution in [2.24, 2.45) is 0 Å². The lowest BCUT2D eigenvalue weighted by molar-refractivity contribution is 0.101. The maximum Gasteiger partial charge on any atom is 0.261 e. The number of hydrogen-bond donors (Lipinski definition) is 1. The third-order valence-electron chi connectivity index (χ3n) is 2.93. The highest BCUT2D eigenvalue weighted by Crippen LogP contribution is 2.22. The van der Waals surface area contributed by atoms with Gasteiger partial charge in [0.15, 0.2) is 0 Å². The molecule has 104 valence electrons. The van der Waals surface area contributed by atoms with E-state index in [0.29, 0.717) is 5.69 Å². The van der Waals surface area contributed by atoms with Crippen LogP contribution in [0, 0.1) is 25.5 Å². The minimum Gasteiger partial charge on any atom is -0.322 e. The van der Waals surface area contributed by atoms with E-state index in [1.807, 2.05) is 6.92 Å². The number of hydrogen-bond acceptors (Lipinski definition) is 1. The topological polar surface area (TPSA) is 29.1 Å². The van der Waals surface area contributed by atoms with E-state index in [9.17, 15) is 13.6 Å². The Balaban J connectivity index is 2.33. The van der Waals surface area contributed by atoms with Crippen LogP contribution in [0.25, 0.3) is 0 Å². The first kappa shape index (κ1) is 14.7. The lowest BCUT2D eigenvalue weighted by atomic mass is 10.1. The summed E-state index contributed by atoms with van der Waals surface area (Å²) in [6.45, 7) is 3.34. The van der Waals surface area contributed by atoms with Gasteiger partial charge in [0.25, 0.3) is 5.91 Å². The summed E-state index contributed by atoms with van der Waals surface area (Å²) >= 11 is 3.34. The first-order valence-corrected chi connectivity index (χ1v) is 6.71. The number of benzene rings is 2. The minimum atomic E-state index is -0.876. The Kier molecular flexibility index (Phi) is 4.18. The van der Waals surface area contributed by atoms with Crippen LogP contribution < -0.4 is 5.32 Å². The molecule has 0 fully saturated rings. The predicted octanol–water partition coefficient (Wildman–Crippen LogP) is 4.60. The van der Waals surface area contributed by atoms with E-state index in [2.05, 4.69) is 21.2 Å². The average molecular weight is 340 g/mol. The van der Waals surface area contributed by atoms with Crippen molar-refractivity contribution in [2.45, 2.75) is 13.8 Å². The molecule has 2 rings (SSSR count). The maximum absolute atomic E-state index is 13.9. The van der Waals surface area contributed by atoms with Crippen molar-refractivity contribution in [1.82, 2.24) is 0 Å². The lowest BCUT2D eigenvalue weighted by Crippen LogP contribution is -2.16. The molecule has 0 spiro atoms. The number of nitrogens with one attached hydrogen (secondary N) is 1. The van der Waals surface area contributed by atoms with Crippen molar-refractivity contribution in [3.8, 4) is 0 Å². The van der Waals surface area contributed by atoms with Gasteiger partial charge >= 0.3 is 0 Å². The molecule has 0 radical (unpaired) electrons. The molecule has 2 aromatic carbocycles. The molecule has 5 heteroatoms. The summed E-state index contributed by atoms with van der Waals surface area (Å²) < 4.78 is 28.4. The Morgan fingerprint density at radius 1 is 1.10 bits per heavy atom. The first-order valence-electron chi connectivity index (χ1n) is 5.92. The second-order valence-corrected chi connectivity index (χ2v) is 5.33. The van der Waals surface area contributed by atoms with Gasteiger partial charge in [0.2, 0.25) is 0 Å². The zero-order chi connectivity index (χ0) is 14.9. The molecule has 1 amide bonds. The zero-order valence-electron chi connectivity index (χ0n) is 10.9. The second kappa shape index (κ2) is 5.71. The largest absolute Gasteiger partial charge is 0.322 e. The number of anilines is 1. The van der Waals surface area contributed by atoms with Crippen molar-refractivity contribution in [1.29, 1.82) is 0 Å². The molecule has 0 aliphatic rings. The summed E-state index contributed by atoms with van der Waals surface area (Å²) in [6.07, 6.45) is 0. The van der Waals surface area contributed by atoms with Crippen LogP contribution in [0.15, 0.2) is 34.8 Å². The third-order valence-corrected chi connectivity index (χ3v) is 3.82. The number of carbonyl (C=O) groups excluding carboxylic acids is 1. The van der Waals surface area contributed by atoms with Crippen molar-refractivity contribution in [3.05, 3.63) is 63.1 Å². The number of aryl methyl sites for hydroxylation is 2. The smallest absolute Gasteiger partial charge is 0.261 e. The average Bonchev–Trinajstić information content (AvgIpc) is 2.39. The Hall–Kier alpha value is -1.75. The van der Waals surface area contributed by atoms with Crippen LogP contribution in [0.3, 0.4) is 0 Å². The summed E-state index contributed by atoms with van der Waals surface area (Å²) in [6, 6.07) is 7.51. The van der Waals surface area contributed by atoms with E-state index in [0.717, 1.165) is 16.1 Å². The Labute approximate surface area is 123 Å².